The lowest BCUT2D eigenvalue weighted by Gasteiger charge is -2.27. The maximum Gasteiger partial charge on any atom is 0.169 e. The SMILES string of the molecule is CCOc1cccc2c1OC(c1ccccc1)C(/C=C/c1ccccc1)=C2. The topological polar surface area (TPSA) is 18.5 Å². The largest absolute Gasteiger partial charge is 0.490 e. The highest BCUT2D eigenvalue weighted by Gasteiger charge is 2.25. The standard InChI is InChI=1S/C25H22O2/c1-2-26-23-15-9-14-21-18-22(17-16-19-10-5-3-6-11-19)24(27-25(21)23)20-12-7-4-8-13-20/h3-18,24H,2H2,1H3/b17-16+. The summed E-state index contributed by atoms with van der Waals surface area (Å²) in [7, 11) is 0. The zero-order valence-electron chi connectivity index (χ0n) is 15.3. The number of ether oxygens (including phenoxy) is 2. The molecule has 0 fully saturated rings. The van der Waals surface area contributed by atoms with E-state index in [0.717, 1.165) is 28.2 Å². The second-order valence-corrected chi connectivity index (χ2v) is 6.40. The molecule has 0 N–H and O–H groups in total. The van der Waals surface area contributed by atoms with E-state index in [9.17, 15) is 0 Å². The van der Waals surface area contributed by atoms with E-state index in [2.05, 4.69) is 48.6 Å². The molecule has 134 valence electrons. The van der Waals surface area contributed by atoms with Crippen LogP contribution in [0.15, 0.2) is 90.5 Å². The molecule has 3 aromatic carbocycles. The van der Waals surface area contributed by atoms with Gasteiger partial charge in [-0.15, -0.1) is 0 Å². The van der Waals surface area contributed by atoms with Crippen molar-refractivity contribution in [3.63, 3.8) is 0 Å². The molecule has 0 spiro atoms. The fourth-order valence-electron chi connectivity index (χ4n) is 3.26. The molecule has 0 saturated heterocycles. The van der Waals surface area contributed by atoms with E-state index >= 15 is 0 Å². The molecule has 0 amide bonds. The monoisotopic (exact) mass is 354 g/mol. The Bertz CT molecular complexity index is 956. The maximum atomic E-state index is 6.46. The molecule has 0 bridgehead atoms. The van der Waals surface area contributed by atoms with Gasteiger partial charge in [-0.2, -0.15) is 0 Å². The first kappa shape index (κ1) is 17.2. The second-order valence-electron chi connectivity index (χ2n) is 6.40. The van der Waals surface area contributed by atoms with E-state index in [0.29, 0.717) is 6.61 Å². The Morgan fingerprint density at radius 1 is 0.852 bits per heavy atom. The molecule has 1 atom stereocenters. The van der Waals surface area contributed by atoms with E-state index in [1.807, 2.05) is 55.5 Å². The molecular formula is C25H22O2. The van der Waals surface area contributed by atoms with Crippen molar-refractivity contribution in [3.8, 4) is 11.5 Å². The summed E-state index contributed by atoms with van der Waals surface area (Å²) in [6.07, 6.45) is 6.30. The number of para-hydroxylation sites is 1. The normalized spacial score (nSPS) is 15.7. The molecule has 0 aromatic heterocycles. The average molecular weight is 354 g/mol. The van der Waals surface area contributed by atoms with Gasteiger partial charge < -0.3 is 9.47 Å². The van der Waals surface area contributed by atoms with Crippen LogP contribution in [0.25, 0.3) is 12.2 Å². The fourth-order valence-corrected chi connectivity index (χ4v) is 3.26. The van der Waals surface area contributed by atoms with Gasteiger partial charge >= 0.3 is 0 Å². The van der Waals surface area contributed by atoms with Crippen molar-refractivity contribution in [2.45, 2.75) is 13.0 Å². The van der Waals surface area contributed by atoms with Gasteiger partial charge in [0, 0.05) is 5.56 Å². The number of fused-ring (bicyclic) bond motifs is 1. The number of benzene rings is 3. The molecular weight excluding hydrogens is 332 g/mol. The molecule has 0 saturated carbocycles. The Morgan fingerprint density at radius 3 is 2.33 bits per heavy atom. The van der Waals surface area contributed by atoms with Gasteiger partial charge in [-0.1, -0.05) is 84.9 Å². The quantitative estimate of drug-likeness (QED) is 0.534. The summed E-state index contributed by atoms with van der Waals surface area (Å²) in [6, 6.07) is 26.7. The highest BCUT2D eigenvalue weighted by molar-refractivity contribution is 5.71. The van der Waals surface area contributed by atoms with Gasteiger partial charge in [-0.25, -0.2) is 0 Å². The third-order valence-corrected chi connectivity index (χ3v) is 4.54. The first-order valence-electron chi connectivity index (χ1n) is 9.27. The lowest BCUT2D eigenvalue weighted by atomic mass is 9.95. The first-order valence-corrected chi connectivity index (χ1v) is 9.27. The van der Waals surface area contributed by atoms with Crippen molar-refractivity contribution in [1.29, 1.82) is 0 Å². The van der Waals surface area contributed by atoms with Gasteiger partial charge in [0.05, 0.1) is 6.61 Å². The zero-order valence-corrected chi connectivity index (χ0v) is 15.3. The van der Waals surface area contributed by atoms with E-state index in [-0.39, 0.29) is 6.10 Å². The first-order chi connectivity index (χ1) is 13.3. The summed E-state index contributed by atoms with van der Waals surface area (Å²) in [5.74, 6) is 1.60. The lowest BCUT2D eigenvalue weighted by molar-refractivity contribution is 0.223. The van der Waals surface area contributed by atoms with Crippen molar-refractivity contribution in [2.24, 2.45) is 0 Å². The van der Waals surface area contributed by atoms with Crippen molar-refractivity contribution in [1.82, 2.24) is 0 Å². The minimum atomic E-state index is -0.166. The second kappa shape index (κ2) is 7.96. The van der Waals surface area contributed by atoms with Crippen molar-refractivity contribution < 1.29 is 9.47 Å². The predicted molar refractivity (Wildman–Crippen MR) is 111 cm³/mol. The van der Waals surface area contributed by atoms with Crippen LogP contribution in [0.2, 0.25) is 0 Å². The van der Waals surface area contributed by atoms with Crippen LogP contribution in [0, 0.1) is 0 Å². The smallest absolute Gasteiger partial charge is 0.169 e. The maximum absolute atomic E-state index is 6.46. The van der Waals surface area contributed by atoms with Gasteiger partial charge in [0.15, 0.2) is 11.5 Å². The van der Waals surface area contributed by atoms with Crippen LogP contribution in [0.5, 0.6) is 11.5 Å². The molecule has 3 aromatic rings. The van der Waals surface area contributed by atoms with Crippen LogP contribution < -0.4 is 9.47 Å². The summed E-state index contributed by atoms with van der Waals surface area (Å²) >= 11 is 0. The molecule has 2 heteroatoms. The lowest BCUT2D eigenvalue weighted by Crippen LogP contribution is -2.14. The van der Waals surface area contributed by atoms with E-state index < -0.39 is 0 Å². The molecule has 1 heterocycles. The summed E-state index contributed by atoms with van der Waals surface area (Å²) in [4.78, 5) is 0. The summed E-state index contributed by atoms with van der Waals surface area (Å²) < 4.78 is 12.2. The minimum Gasteiger partial charge on any atom is -0.490 e. The fraction of sp³-hybridized carbons (Fsp3) is 0.120. The van der Waals surface area contributed by atoms with Crippen molar-refractivity contribution in [2.75, 3.05) is 6.61 Å². The van der Waals surface area contributed by atoms with Crippen LogP contribution in [-0.2, 0) is 0 Å². The molecule has 1 unspecified atom stereocenters. The van der Waals surface area contributed by atoms with Gasteiger partial charge in [0.2, 0.25) is 0 Å². The average Bonchev–Trinajstić information content (AvgIpc) is 2.73. The molecule has 4 rings (SSSR count). The predicted octanol–water partition coefficient (Wildman–Crippen LogP) is 6.32. The Balaban J connectivity index is 1.77. The zero-order chi connectivity index (χ0) is 18.5. The van der Waals surface area contributed by atoms with Crippen LogP contribution in [0.1, 0.15) is 29.7 Å². The van der Waals surface area contributed by atoms with Crippen LogP contribution >= 0.6 is 0 Å². The van der Waals surface area contributed by atoms with E-state index in [1.165, 1.54) is 5.56 Å². The summed E-state index contributed by atoms with van der Waals surface area (Å²) in [5.41, 5.74) is 4.45. The molecule has 0 aliphatic carbocycles. The van der Waals surface area contributed by atoms with Gasteiger partial charge in [-0.05, 0) is 35.8 Å². The Hall–Kier alpha value is -3.26. The molecule has 1 aliphatic rings. The van der Waals surface area contributed by atoms with Crippen LogP contribution in [0.3, 0.4) is 0 Å². The van der Waals surface area contributed by atoms with E-state index in [4.69, 9.17) is 9.47 Å². The van der Waals surface area contributed by atoms with Crippen molar-refractivity contribution >= 4 is 12.2 Å². The Morgan fingerprint density at radius 2 is 1.59 bits per heavy atom. The molecule has 27 heavy (non-hydrogen) atoms. The highest BCUT2D eigenvalue weighted by atomic mass is 16.5. The van der Waals surface area contributed by atoms with Crippen molar-refractivity contribution in [3.05, 3.63) is 107 Å². The Labute approximate surface area is 160 Å². The highest BCUT2D eigenvalue weighted by Crippen LogP contribution is 2.43. The van der Waals surface area contributed by atoms with Crippen LogP contribution in [-0.4, -0.2) is 6.61 Å². The van der Waals surface area contributed by atoms with Gasteiger partial charge in [-0.3, -0.25) is 0 Å². The van der Waals surface area contributed by atoms with E-state index in [1.54, 1.807) is 0 Å². The third-order valence-electron chi connectivity index (χ3n) is 4.54. The minimum absolute atomic E-state index is 0.166. The number of hydrogen-bond acceptors (Lipinski definition) is 2. The Kier molecular flexibility index (Phi) is 5.06. The molecule has 1 aliphatic heterocycles. The summed E-state index contributed by atoms with van der Waals surface area (Å²) in [5, 5.41) is 0. The third kappa shape index (κ3) is 3.80. The molecule has 2 nitrogen and oxygen atoms in total. The van der Waals surface area contributed by atoms with Gasteiger partial charge in [0.25, 0.3) is 0 Å². The van der Waals surface area contributed by atoms with Crippen LogP contribution in [0.4, 0.5) is 0 Å². The number of rotatable bonds is 5. The summed E-state index contributed by atoms with van der Waals surface area (Å²) in [6.45, 7) is 2.60. The van der Waals surface area contributed by atoms with Gasteiger partial charge in [0.1, 0.15) is 6.10 Å². The number of hydrogen-bond donors (Lipinski definition) is 0. The molecule has 0 radical (unpaired) electrons.